The molecule has 0 N–H and O–H groups in total. The molecule has 0 aromatic carbocycles. The van der Waals surface area contributed by atoms with Gasteiger partial charge in [0, 0.05) is 16.9 Å². The van der Waals surface area contributed by atoms with Crippen molar-refractivity contribution in [2.75, 3.05) is 0 Å². The van der Waals surface area contributed by atoms with Gasteiger partial charge in [0.1, 0.15) is 0 Å². The van der Waals surface area contributed by atoms with E-state index in [0.717, 1.165) is 22.7 Å². The highest BCUT2D eigenvalue weighted by molar-refractivity contribution is 6.31. The van der Waals surface area contributed by atoms with Crippen molar-refractivity contribution in [1.29, 1.82) is 0 Å². The fourth-order valence-electron chi connectivity index (χ4n) is 1.10. The largest absolute Gasteiger partial charge is 0.261 e. The number of pyridine rings is 1. The topological polar surface area (TPSA) is 12.9 Å². The SMILES string of the molecule is CCc1cc(Cl)c(C(C)C)cn1. The maximum Gasteiger partial charge on any atom is 0.0474 e. The molecule has 0 unspecified atom stereocenters. The minimum absolute atomic E-state index is 0.455. The maximum absolute atomic E-state index is 6.06. The number of nitrogens with zero attached hydrogens (tertiary/aromatic N) is 1. The fraction of sp³-hybridized carbons (Fsp3) is 0.500. The fourth-order valence-corrected chi connectivity index (χ4v) is 1.49. The van der Waals surface area contributed by atoms with Crippen LogP contribution in [0.2, 0.25) is 5.02 Å². The first kappa shape index (κ1) is 9.53. The molecule has 0 amide bonds. The Bertz CT molecular complexity index is 269. The lowest BCUT2D eigenvalue weighted by Gasteiger charge is -2.07. The molecule has 0 aliphatic rings. The molecule has 1 rings (SSSR count). The third-order valence-corrected chi connectivity index (χ3v) is 2.25. The Morgan fingerprint density at radius 2 is 2.17 bits per heavy atom. The van der Waals surface area contributed by atoms with Crippen LogP contribution in [0.1, 0.15) is 37.9 Å². The summed E-state index contributed by atoms with van der Waals surface area (Å²) in [6.07, 6.45) is 2.82. The lowest BCUT2D eigenvalue weighted by atomic mass is 10.1. The minimum atomic E-state index is 0.455. The number of aromatic nitrogens is 1. The Morgan fingerprint density at radius 1 is 1.50 bits per heavy atom. The molecule has 0 radical (unpaired) electrons. The van der Waals surface area contributed by atoms with Gasteiger partial charge < -0.3 is 0 Å². The lowest BCUT2D eigenvalue weighted by molar-refractivity contribution is 0.851. The molecule has 1 heterocycles. The number of hydrogen-bond acceptors (Lipinski definition) is 1. The number of hydrogen-bond donors (Lipinski definition) is 0. The molecule has 0 aliphatic heterocycles. The Hall–Kier alpha value is -0.560. The molecule has 0 aliphatic carbocycles. The Morgan fingerprint density at radius 3 is 2.58 bits per heavy atom. The van der Waals surface area contributed by atoms with Crippen LogP contribution in [-0.4, -0.2) is 4.98 Å². The van der Waals surface area contributed by atoms with Gasteiger partial charge in [-0.05, 0) is 24.0 Å². The lowest BCUT2D eigenvalue weighted by Crippen LogP contribution is -1.93. The molecular weight excluding hydrogens is 170 g/mol. The summed E-state index contributed by atoms with van der Waals surface area (Å²) in [5, 5.41) is 0.844. The van der Waals surface area contributed by atoms with Crippen molar-refractivity contribution in [3.8, 4) is 0 Å². The minimum Gasteiger partial charge on any atom is -0.261 e. The molecule has 0 bridgehead atoms. The Labute approximate surface area is 78.8 Å². The third-order valence-electron chi connectivity index (χ3n) is 1.92. The quantitative estimate of drug-likeness (QED) is 0.685. The van der Waals surface area contributed by atoms with Gasteiger partial charge in [-0.1, -0.05) is 32.4 Å². The van der Waals surface area contributed by atoms with Gasteiger partial charge in [-0.2, -0.15) is 0 Å². The van der Waals surface area contributed by atoms with E-state index >= 15 is 0 Å². The predicted octanol–water partition coefficient (Wildman–Crippen LogP) is 3.42. The smallest absolute Gasteiger partial charge is 0.0474 e. The molecule has 2 heteroatoms. The summed E-state index contributed by atoms with van der Waals surface area (Å²) in [6, 6.07) is 1.96. The van der Waals surface area contributed by atoms with Crippen LogP contribution in [0.25, 0.3) is 0 Å². The van der Waals surface area contributed by atoms with Crippen molar-refractivity contribution in [3.05, 3.63) is 28.5 Å². The molecule has 1 aromatic heterocycles. The summed E-state index contributed by atoms with van der Waals surface area (Å²) >= 11 is 6.06. The summed E-state index contributed by atoms with van der Waals surface area (Å²) in [4.78, 5) is 4.29. The van der Waals surface area contributed by atoms with E-state index in [4.69, 9.17) is 11.6 Å². The summed E-state index contributed by atoms with van der Waals surface area (Å²) in [6.45, 7) is 6.32. The maximum atomic E-state index is 6.06. The van der Waals surface area contributed by atoms with Crippen LogP contribution in [0.3, 0.4) is 0 Å². The standard InChI is InChI=1S/C10H14ClN/c1-4-8-5-10(11)9(6-12-8)7(2)3/h5-7H,4H2,1-3H3. The van der Waals surface area contributed by atoms with Crippen molar-refractivity contribution in [1.82, 2.24) is 4.98 Å². The van der Waals surface area contributed by atoms with Gasteiger partial charge >= 0.3 is 0 Å². The Balaban J connectivity index is 3.03. The van der Waals surface area contributed by atoms with Gasteiger partial charge in [0.05, 0.1) is 0 Å². The van der Waals surface area contributed by atoms with Crippen molar-refractivity contribution in [2.45, 2.75) is 33.1 Å². The van der Waals surface area contributed by atoms with Crippen LogP contribution in [0.15, 0.2) is 12.3 Å². The van der Waals surface area contributed by atoms with E-state index in [2.05, 4.69) is 25.8 Å². The van der Waals surface area contributed by atoms with Gasteiger partial charge in [0.2, 0.25) is 0 Å². The zero-order valence-electron chi connectivity index (χ0n) is 7.76. The zero-order valence-corrected chi connectivity index (χ0v) is 8.52. The highest BCUT2D eigenvalue weighted by atomic mass is 35.5. The van der Waals surface area contributed by atoms with E-state index in [1.54, 1.807) is 0 Å². The van der Waals surface area contributed by atoms with Crippen LogP contribution in [-0.2, 0) is 6.42 Å². The summed E-state index contributed by atoms with van der Waals surface area (Å²) in [5.41, 5.74) is 2.19. The average Bonchev–Trinajstić information content (AvgIpc) is 2.03. The second-order valence-electron chi connectivity index (χ2n) is 3.21. The van der Waals surface area contributed by atoms with Crippen LogP contribution < -0.4 is 0 Å². The number of halogens is 1. The molecule has 0 spiro atoms. The average molecular weight is 184 g/mol. The van der Waals surface area contributed by atoms with Gasteiger partial charge in [0.25, 0.3) is 0 Å². The van der Waals surface area contributed by atoms with Crippen molar-refractivity contribution in [3.63, 3.8) is 0 Å². The zero-order chi connectivity index (χ0) is 9.14. The first-order valence-electron chi connectivity index (χ1n) is 4.29. The van der Waals surface area contributed by atoms with E-state index in [0.29, 0.717) is 5.92 Å². The normalized spacial score (nSPS) is 10.8. The molecule has 1 nitrogen and oxygen atoms in total. The van der Waals surface area contributed by atoms with Crippen molar-refractivity contribution >= 4 is 11.6 Å². The highest BCUT2D eigenvalue weighted by Gasteiger charge is 2.05. The van der Waals surface area contributed by atoms with E-state index in [-0.39, 0.29) is 0 Å². The molecule has 66 valence electrons. The van der Waals surface area contributed by atoms with Gasteiger partial charge in [-0.25, -0.2) is 0 Å². The monoisotopic (exact) mass is 183 g/mol. The third kappa shape index (κ3) is 1.98. The second-order valence-corrected chi connectivity index (χ2v) is 3.61. The second kappa shape index (κ2) is 3.90. The Kier molecular flexibility index (Phi) is 3.10. The molecule has 1 aromatic rings. The van der Waals surface area contributed by atoms with Gasteiger partial charge in [-0.3, -0.25) is 4.98 Å². The van der Waals surface area contributed by atoms with Gasteiger partial charge in [-0.15, -0.1) is 0 Å². The summed E-state index contributed by atoms with van der Waals surface area (Å²) < 4.78 is 0. The van der Waals surface area contributed by atoms with E-state index < -0.39 is 0 Å². The first-order chi connectivity index (χ1) is 5.65. The van der Waals surface area contributed by atoms with E-state index in [9.17, 15) is 0 Å². The molecule has 0 saturated carbocycles. The number of aryl methyl sites for hydroxylation is 1. The molecule has 0 atom stereocenters. The molecule has 0 saturated heterocycles. The number of rotatable bonds is 2. The van der Waals surface area contributed by atoms with Crippen molar-refractivity contribution in [2.24, 2.45) is 0 Å². The van der Waals surface area contributed by atoms with Crippen LogP contribution in [0.4, 0.5) is 0 Å². The van der Waals surface area contributed by atoms with E-state index in [1.807, 2.05) is 12.3 Å². The van der Waals surface area contributed by atoms with Gasteiger partial charge in [0.15, 0.2) is 0 Å². The molecule has 12 heavy (non-hydrogen) atoms. The summed E-state index contributed by atoms with van der Waals surface area (Å²) in [5.74, 6) is 0.455. The predicted molar refractivity (Wildman–Crippen MR) is 52.7 cm³/mol. The van der Waals surface area contributed by atoms with Crippen LogP contribution in [0, 0.1) is 0 Å². The van der Waals surface area contributed by atoms with Crippen LogP contribution in [0.5, 0.6) is 0 Å². The first-order valence-corrected chi connectivity index (χ1v) is 4.67. The van der Waals surface area contributed by atoms with Crippen molar-refractivity contribution < 1.29 is 0 Å². The molecule has 0 fully saturated rings. The van der Waals surface area contributed by atoms with E-state index in [1.165, 1.54) is 0 Å². The summed E-state index contributed by atoms with van der Waals surface area (Å²) in [7, 11) is 0. The molecular formula is C10H14ClN. The van der Waals surface area contributed by atoms with Crippen LogP contribution >= 0.6 is 11.6 Å². The highest BCUT2D eigenvalue weighted by Crippen LogP contribution is 2.23.